The molecule has 4 aromatic rings. The van der Waals surface area contributed by atoms with E-state index in [2.05, 4.69) is 0 Å². The summed E-state index contributed by atoms with van der Waals surface area (Å²) < 4.78 is 38.6. The van der Waals surface area contributed by atoms with Crippen molar-refractivity contribution in [3.8, 4) is 22.5 Å². The van der Waals surface area contributed by atoms with Gasteiger partial charge in [-0.2, -0.15) is 13.2 Å². The van der Waals surface area contributed by atoms with E-state index < -0.39 is 11.7 Å². The highest BCUT2D eigenvalue weighted by molar-refractivity contribution is 5.96. The summed E-state index contributed by atoms with van der Waals surface area (Å²) >= 11 is 0. The van der Waals surface area contributed by atoms with E-state index >= 15 is 0 Å². The lowest BCUT2D eigenvalue weighted by Crippen LogP contribution is -2.04. The first-order chi connectivity index (χ1) is 12.9. The van der Waals surface area contributed by atoms with Crippen LogP contribution in [0.5, 0.6) is 0 Å². The maximum Gasteiger partial charge on any atom is 0.416 e. The van der Waals surface area contributed by atoms with Gasteiger partial charge in [-0.25, -0.2) is 4.98 Å². The van der Waals surface area contributed by atoms with Crippen molar-refractivity contribution in [2.75, 3.05) is 0 Å². The van der Waals surface area contributed by atoms with Gasteiger partial charge in [0, 0.05) is 16.5 Å². The highest BCUT2D eigenvalue weighted by atomic mass is 19.4. The number of halogens is 3. The summed E-state index contributed by atoms with van der Waals surface area (Å²) in [6.45, 7) is 2.02. The largest absolute Gasteiger partial charge is 0.416 e. The molecule has 1 aromatic heterocycles. The zero-order valence-electron chi connectivity index (χ0n) is 14.6. The summed E-state index contributed by atoms with van der Waals surface area (Å²) in [6, 6.07) is 23.0. The summed E-state index contributed by atoms with van der Waals surface area (Å²) in [5.41, 5.74) is 3.60. The molecule has 0 aliphatic rings. The summed E-state index contributed by atoms with van der Waals surface area (Å²) in [4.78, 5) is 4.78. The predicted octanol–water partition coefficient (Wildman–Crippen LogP) is 6.90. The molecule has 1 nitrogen and oxygen atoms in total. The Morgan fingerprint density at radius 2 is 1.37 bits per heavy atom. The van der Waals surface area contributed by atoms with Gasteiger partial charge in [0.1, 0.15) is 0 Å². The number of alkyl halides is 3. The third-order valence-electron chi connectivity index (χ3n) is 4.57. The van der Waals surface area contributed by atoms with Crippen LogP contribution in [-0.2, 0) is 6.18 Å². The number of rotatable bonds is 2. The molecule has 27 heavy (non-hydrogen) atoms. The standard InChI is InChI=1S/C23H16F3N/c1-15-6-8-16(9-7-15)21-14-18-4-2-3-5-20(18)22(27-21)17-10-12-19(13-11-17)23(24,25)26/h2-14H,1H3. The van der Waals surface area contributed by atoms with Gasteiger partial charge in [0.15, 0.2) is 0 Å². The summed E-state index contributed by atoms with van der Waals surface area (Å²) in [7, 11) is 0. The van der Waals surface area contributed by atoms with Gasteiger partial charge in [-0.15, -0.1) is 0 Å². The number of fused-ring (bicyclic) bond motifs is 1. The molecule has 4 heteroatoms. The van der Waals surface area contributed by atoms with Crippen LogP contribution in [0.2, 0.25) is 0 Å². The third-order valence-corrected chi connectivity index (χ3v) is 4.57. The van der Waals surface area contributed by atoms with Crippen LogP contribution in [0.25, 0.3) is 33.3 Å². The molecule has 134 valence electrons. The fourth-order valence-electron chi connectivity index (χ4n) is 3.11. The molecule has 0 aliphatic heterocycles. The Labute approximate surface area is 155 Å². The Hall–Kier alpha value is -3.14. The average Bonchev–Trinajstić information content (AvgIpc) is 2.67. The second-order valence-corrected chi connectivity index (χ2v) is 6.52. The van der Waals surface area contributed by atoms with Crippen molar-refractivity contribution < 1.29 is 13.2 Å². The maximum absolute atomic E-state index is 12.9. The fourth-order valence-corrected chi connectivity index (χ4v) is 3.11. The Kier molecular flexibility index (Phi) is 4.19. The van der Waals surface area contributed by atoms with E-state index in [1.807, 2.05) is 61.5 Å². The zero-order chi connectivity index (χ0) is 19.0. The minimum Gasteiger partial charge on any atom is -0.247 e. The quantitative estimate of drug-likeness (QED) is 0.378. The van der Waals surface area contributed by atoms with E-state index in [0.717, 1.165) is 39.7 Å². The predicted molar refractivity (Wildman–Crippen MR) is 102 cm³/mol. The minimum atomic E-state index is -4.35. The first-order valence-electron chi connectivity index (χ1n) is 8.56. The molecule has 3 aromatic carbocycles. The van der Waals surface area contributed by atoms with Crippen molar-refractivity contribution in [2.24, 2.45) is 0 Å². The van der Waals surface area contributed by atoms with Gasteiger partial charge in [-0.1, -0.05) is 66.2 Å². The van der Waals surface area contributed by atoms with E-state index in [9.17, 15) is 13.2 Å². The van der Waals surface area contributed by atoms with Gasteiger partial charge < -0.3 is 0 Å². The SMILES string of the molecule is Cc1ccc(-c2cc3ccccc3c(-c3ccc(C(F)(F)F)cc3)n2)cc1. The van der Waals surface area contributed by atoms with Gasteiger partial charge >= 0.3 is 6.18 Å². The summed E-state index contributed by atoms with van der Waals surface area (Å²) in [5.74, 6) is 0. The van der Waals surface area contributed by atoms with Crippen LogP contribution in [0.4, 0.5) is 13.2 Å². The summed E-state index contributed by atoms with van der Waals surface area (Å²) in [6.07, 6.45) is -4.35. The lowest BCUT2D eigenvalue weighted by molar-refractivity contribution is -0.137. The third kappa shape index (κ3) is 3.43. The Morgan fingerprint density at radius 1 is 0.741 bits per heavy atom. The van der Waals surface area contributed by atoms with Crippen molar-refractivity contribution in [3.63, 3.8) is 0 Å². The number of hydrogen-bond donors (Lipinski definition) is 0. The van der Waals surface area contributed by atoms with Gasteiger partial charge in [0.05, 0.1) is 17.0 Å². The highest BCUT2D eigenvalue weighted by Crippen LogP contribution is 2.34. The first kappa shape index (κ1) is 17.3. The van der Waals surface area contributed by atoms with Crippen LogP contribution in [0, 0.1) is 6.92 Å². The number of aryl methyl sites for hydroxylation is 1. The van der Waals surface area contributed by atoms with E-state index in [0.29, 0.717) is 11.3 Å². The zero-order valence-corrected chi connectivity index (χ0v) is 14.6. The summed E-state index contributed by atoms with van der Waals surface area (Å²) in [5, 5.41) is 1.91. The fraction of sp³-hybridized carbons (Fsp3) is 0.0870. The van der Waals surface area contributed by atoms with Crippen molar-refractivity contribution in [2.45, 2.75) is 13.1 Å². The maximum atomic E-state index is 12.9. The Balaban J connectivity index is 1.90. The first-order valence-corrected chi connectivity index (χ1v) is 8.56. The lowest BCUT2D eigenvalue weighted by atomic mass is 10.00. The van der Waals surface area contributed by atoms with Crippen molar-refractivity contribution in [3.05, 3.63) is 90.0 Å². The van der Waals surface area contributed by atoms with Crippen LogP contribution < -0.4 is 0 Å². The Morgan fingerprint density at radius 3 is 2.04 bits per heavy atom. The molecule has 4 rings (SSSR count). The molecule has 1 heterocycles. The molecule has 0 atom stereocenters. The van der Waals surface area contributed by atoms with Crippen LogP contribution in [0.1, 0.15) is 11.1 Å². The van der Waals surface area contributed by atoms with Crippen molar-refractivity contribution in [1.82, 2.24) is 4.98 Å². The molecule has 0 radical (unpaired) electrons. The molecule has 0 saturated carbocycles. The van der Waals surface area contributed by atoms with Crippen LogP contribution in [0.3, 0.4) is 0 Å². The molecule has 0 N–H and O–H groups in total. The smallest absolute Gasteiger partial charge is 0.247 e. The van der Waals surface area contributed by atoms with Crippen molar-refractivity contribution in [1.29, 1.82) is 0 Å². The Bertz CT molecular complexity index is 1100. The second-order valence-electron chi connectivity index (χ2n) is 6.52. The van der Waals surface area contributed by atoms with Gasteiger partial charge in [-0.3, -0.25) is 0 Å². The molecular formula is C23H16F3N. The topological polar surface area (TPSA) is 12.9 Å². The molecule has 0 fully saturated rings. The number of pyridine rings is 1. The number of hydrogen-bond acceptors (Lipinski definition) is 1. The number of nitrogens with zero attached hydrogens (tertiary/aromatic N) is 1. The molecule has 0 bridgehead atoms. The van der Waals surface area contributed by atoms with E-state index in [1.54, 1.807) is 0 Å². The van der Waals surface area contributed by atoms with E-state index in [-0.39, 0.29) is 0 Å². The molecule has 0 aliphatic carbocycles. The normalized spacial score (nSPS) is 11.7. The number of benzene rings is 3. The van der Waals surface area contributed by atoms with Crippen LogP contribution >= 0.6 is 0 Å². The van der Waals surface area contributed by atoms with Crippen LogP contribution in [-0.4, -0.2) is 4.98 Å². The number of aromatic nitrogens is 1. The molecule has 0 unspecified atom stereocenters. The van der Waals surface area contributed by atoms with Gasteiger partial charge in [0.2, 0.25) is 0 Å². The van der Waals surface area contributed by atoms with E-state index in [4.69, 9.17) is 4.98 Å². The highest BCUT2D eigenvalue weighted by Gasteiger charge is 2.30. The molecule has 0 saturated heterocycles. The van der Waals surface area contributed by atoms with Crippen LogP contribution in [0.15, 0.2) is 78.9 Å². The van der Waals surface area contributed by atoms with Crippen molar-refractivity contribution >= 4 is 10.8 Å². The lowest BCUT2D eigenvalue weighted by Gasteiger charge is -2.12. The average molecular weight is 363 g/mol. The molecular weight excluding hydrogens is 347 g/mol. The minimum absolute atomic E-state index is 0.660. The van der Waals surface area contributed by atoms with Gasteiger partial charge in [-0.05, 0) is 30.5 Å². The second kappa shape index (κ2) is 6.54. The molecule has 0 spiro atoms. The van der Waals surface area contributed by atoms with E-state index in [1.165, 1.54) is 12.1 Å². The molecule has 0 amide bonds. The van der Waals surface area contributed by atoms with Gasteiger partial charge in [0.25, 0.3) is 0 Å². The monoisotopic (exact) mass is 363 g/mol.